The summed E-state index contributed by atoms with van der Waals surface area (Å²) in [7, 11) is -2.33. The van der Waals surface area contributed by atoms with Crippen molar-refractivity contribution in [2.24, 2.45) is 11.8 Å². The average Bonchev–Trinajstić information content (AvgIpc) is 3.29. The number of allylic oxidation sites excluding steroid dienone is 8. The molecule has 2 aliphatic heterocycles. The van der Waals surface area contributed by atoms with Gasteiger partial charge in [-0.25, -0.2) is 0 Å². The molecule has 4 unspecified atom stereocenters. The second-order valence-electron chi connectivity index (χ2n) is 12.0. The zero-order valence-electron chi connectivity index (χ0n) is 20.8. The molecule has 6 aliphatic rings. The topological polar surface area (TPSA) is 0 Å². The first kappa shape index (κ1) is 26.7. The summed E-state index contributed by atoms with van der Waals surface area (Å²) in [6.45, 7) is 5.27. The molecule has 0 aromatic carbocycles. The van der Waals surface area contributed by atoms with E-state index >= 15 is 0 Å². The zero-order chi connectivity index (χ0) is 21.2. The smallest absolute Gasteiger partial charge is 1.00 e. The fourth-order valence-corrected chi connectivity index (χ4v) is 31.9. The van der Waals surface area contributed by atoms with E-state index in [1.807, 2.05) is 0 Å². The standard InChI is InChI=1S/2C14H21Si.2ClH.Ti/c2*1-2-15(10-5-11-15)14-9-8-12-6-3-4-7-13(12)14;;;/h2*3-4,7,12H,2,5-6,8-11H2,1H3;2*1H;/q;;;;+2/p-2. The molecule has 2 saturated heterocycles. The van der Waals surface area contributed by atoms with Crippen LogP contribution in [0.4, 0.5) is 0 Å². The molecule has 4 atom stereocenters. The van der Waals surface area contributed by atoms with Crippen LogP contribution < -0.4 is 24.8 Å². The van der Waals surface area contributed by atoms with Crippen molar-refractivity contribution in [3.63, 3.8) is 0 Å². The normalized spacial score (nSPS) is 38.8. The van der Waals surface area contributed by atoms with Gasteiger partial charge in [0.25, 0.3) is 0 Å². The van der Waals surface area contributed by atoms with Crippen LogP contribution in [0.3, 0.4) is 0 Å². The molecule has 0 aromatic rings. The van der Waals surface area contributed by atoms with Crippen molar-refractivity contribution in [1.82, 2.24) is 0 Å². The molecule has 0 aromatic heterocycles. The van der Waals surface area contributed by atoms with Crippen molar-refractivity contribution in [1.29, 1.82) is 0 Å². The Hall–Kier alpha value is 0.688. The van der Waals surface area contributed by atoms with Crippen LogP contribution in [-0.2, 0) is 19.2 Å². The molecule has 4 aliphatic carbocycles. The molecule has 0 nitrogen and oxygen atoms in total. The maximum Gasteiger partial charge on any atom is -1.00 e. The van der Waals surface area contributed by atoms with Crippen molar-refractivity contribution in [2.75, 3.05) is 0 Å². The van der Waals surface area contributed by atoms with Crippen LogP contribution in [0, 0.1) is 11.8 Å². The van der Waals surface area contributed by atoms with Crippen molar-refractivity contribution in [3.05, 3.63) is 47.6 Å². The van der Waals surface area contributed by atoms with Crippen LogP contribution in [0.2, 0.25) is 43.0 Å². The van der Waals surface area contributed by atoms with Gasteiger partial charge in [-0.15, -0.1) is 0 Å². The van der Waals surface area contributed by atoms with Gasteiger partial charge in [0.05, 0.1) is 0 Å². The summed E-state index contributed by atoms with van der Waals surface area (Å²) in [5.41, 5.74) is 4.11. The van der Waals surface area contributed by atoms with Gasteiger partial charge in [0.15, 0.2) is 0 Å². The van der Waals surface area contributed by atoms with Gasteiger partial charge in [0.2, 0.25) is 0 Å². The zero-order valence-corrected chi connectivity index (χ0v) is 25.8. The van der Waals surface area contributed by atoms with Gasteiger partial charge in [-0.1, -0.05) is 0 Å². The fraction of sp³-hybridized carbons (Fsp3) is 0.714. The summed E-state index contributed by atoms with van der Waals surface area (Å²) in [6, 6.07) is 9.90. The molecule has 0 radical (unpaired) electrons. The Labute approximate surface area is 226 Å². The van der Waals surface area contributed by atoms with E-state index in [1.54, 1.807) is 61.9 Å². The Balaban J connectivity index is 0.00000130. The van der Waals surface area contributed by atoms with E-state index in [2.05, 4.69) is 61.4 Å². The van der Waals surface area contributed by atoms with E-state index in [-0.39, 0.29) is 44.0 Å². The molecule has 33 heavy (non-hydrogen) atoms. The van der Waals surface area contributed by atoms with Gasteiger partial charge in [0, 0.05) is 0 Å². The second kappa shape index (κ2) is 9.86. The van der Waals surface area contributed by atoms with E-state index < -0.39 is 16.1 Å². The van der Waals surface area contributed by atoms with Crippen molar-refractivity contribution >= 4 is 16.1 Å². The van der Waals surface area contributed by atoms with E-state index in [4.69, 9.17) is 0 Å². The number of halogens is 2. The van der Waals surface area contributed by atoms with Gasteiger partial charge < -0.3 is 24.8 Å². The summed E-state index contributed by atoms with van der Waals surface area (Å²) >= 11 is -0.0286. The molecule has 5 heteroatoms. The summed E-state index contributed by atoms with van der Waals surface area (Å²) in [6.07, 6.45) is 27.6. The van der Waals surface area contributed by atoms with Crippen LogP contribution in [0.1, 0.15) is 65.2 Å². The molecule has 2 saturated carbocycles. The minimum atomic E-state index is -1.16. The minimum Gasteiger partial charge on any atom is -1.00 e. The summed E-state index contributed by atoms with van der Waals surface area (Å²) < 4.78 is 1.55. The summed E-state index contributed by atoms with van der Waals surface area (Å²) in [4.78, 5) is 0. The van der Waals surface area contributed by atoms with Crippen LogP contribution in [0.25, 0.3) is 0 Å². The number of hydrogen-bond acceptors (Lipinski definition) is 0. The molecular weight excluding hydrogens is 511 g/mol. The third-order valence-electron chi connectivity index (χ3n) is 11.5. The number of rotatable bonds is 6. The molecule has 0 spiro atoms. The number of hydrogen-bond donors (Lipinski definition) is 0. The van der Waals surface area contributed by atoms with Gasteiger partial charge in [-0.3, -0.25) is 0 Å². The Morgan fingerprint density at radius 1 is 0.758 bits per heavy atom. The second-order valence-corrected chi connectivity index (χ2v) is 26.8. The van der Waals surface area contributed by atoms with Gasteiger partial charge in [-0.2, -0.15) is 0 Å². The monoisotopic (exact) mass is 552 g/mol. The summed E-state index contributed by atoms with van der Waals surface area (Å²) in [5.74, 6) is 1.86. The Morgan fingerprint density at radius 3 is 1.52 bits per heavy atom. The maximum atomic E-state index is 2.71. The molecule has 0 amide bonds. The van der Waals surface area contributed by atoms with Crippen LogP contribution in [0.5, 0.6) is 0 Å². The Kier molecular flexibility index (Phi) is 7.99. The van der Waals surface area contributed by atoms with Gasteiger partial charge in [-0.05, 0) is 0 Å². The largest absolute Gasteiger partial charge is 1.00 e. The third kappa shape index (κ3) is 3.58. The molecular formula is C28H42Cl2Si2Ti. The quantitative estimate of drug-likeness (QED) is 0.444. The van der Waals surface area contributed by atoms with Crippen LogP contribution >= 0.6 is 0 Å². The summed E-state index contributed by atoms with van der Waals surface area (Å²) in [5, 5.41) is 0. The molecule has 0 N–H and O–H groups in total. The molecule has 4 fully saturated rings. The first-order chi connectivity index (χ1) is 15.1. The minimum absolute atomic E-state index is 0. The predicted octanol–water partition coefficient (Wildman–Crippen LogP) is 2.81. The van der Waals surface area contributed by atoms with E-state index in [1.165, 1.54) is 25.7 Å². The maximum absolute atomic E-state index is 2.71. The first-order valence-electron chi connectivity index (χ1n) is 13.7. The predicted molar refractivity (Wildman–Crippen MR) is 135 cm³/mol. The molecule has 2 heterocycles. The molecule has 0 bridgehead atoms. The van der Waals surface area contributed by atoms with Crippen LogP contribution in [0.15, 0.2) is 47.6 Å². The Bertz CT molecular complexity index is 788. The van der Waals surface area contributed by atoms with Crippen molar-refractivity contribution in [3.8, 4) is 0 Å². The van der Waals surface area contributed by atoms with Gasteiger partial charge >= 0.3 is 203 Å². The first-order valence-corrected chi connectivity index (χ1v) is 20.5. The van der Waals surface area contributed by atoms with Crippen molar-refractivity contribution < 1.29 is 44.0 Å². The molecule has 6 rings (SSSR count). The van der Waals surface area contributed by atoms with Crippen molar-refractivity contribution in [2.45, 2.75) is 108 Å². The fourth-order valence-electron chi connectivity index (χ4n) is 9.37. The Morgan fingerprint density at radius 2 is 1.18 bits per heavy atom. The van der Waals surface area contributed by atoms with Crippen LogP contribution in [-0.4, -0.2) is 16.1 Å². The van der Waals surface area contributed by atoms with E-state index in [0.717, 1.165) is 18.5 Å². The number of fused-ring (bicyclic) bond motifs is 2. The average molecular weight is 554 g/mol. The molecule has 180 valence electrons. The van der Waals surface area contributed by atoms with E-state index in [9.17, 15) is 0 Å². The van der Waals surface area contributed by atoms with Gasteiger partial charge in [0.1, 0.15) is 0 Å². The SMILES string of the molecule is CC[Si]1([C]2([Ti+2][C]3([Si]4(CC)CCC4)CCC4CC=CC=C43)CCC3CC=CC=C32)CCC1.[Cl-].[Cl-]. The third-order valence-corrected chi connectivity index (χ3v) is 33.1. The van der Waals surface area contributed by atoms with E-state index in [0.29, 0.717) is 0 Å².